The van der Waals surface area contributed by atoms with Crippen molar-refractivity contribution in [1.29, 1.82) is 0 Å². The zero-order chi connectivity index (χ0) is 16.3. The predicted molar refractivity (Wildman–Crippen MR) is 76.6 cm³/mol. The summed E-state index contributed by atoms with van der Waals surface area (Å²) >= 11 is 0. The van der Waals surface area contributed by atoms with Crippen molar-refractivity contribution in [2.24, 2.45) is 5.41 Å². The topological polar surface area (TPSA) is 92.7 Å². The number of hydrogen-bond acceptors (Lipinski definition) is 4. The molecule has 0 aliphatic heterocycles. The van der Waals surface area contributed by atoms with Gasteiger partial charge in [-0.05, 0) is 33.6 Å². The highest BCUT2D eigenvalue weighted by molar-refractivity contribution is 5.89. The lowest BCUT2D eigenvalue weighted by atomic mass is 9.87. The van der Waals surface area contributed by atoms with Gasteiger partial charge < -0.3 is 15.2 Å². The van der Waals surface area contributed by atoms with Crippen LogP contribution in [-0.2, 0) is 19.1 Å². The highest BCUT2D eigenvalue weighted by Crippen LogP contribution is 2.37. The Morgan fingerprint density at radius 1 is 1.24 bits per heavy atom. The highest BCUT2D eigenvalue weighted by Gasteiger charge is 2.38. The number of nitrogens with one attached hydrogen (secondary N) is 1. The molecule has 2 N–H and O–H groups in total. The van der Waals surface area contributed by atoms with Crippen molar-refractivity contribution in [2.75, 3.05) is 0 Å². The largest absolute Gasteiger partial charge is 0.480 e. The van der Waals surface area contributed by atoms with Gasteiger partial charge in [0.25, 0.3) is 0 Å². The summed E-state index contributed by atoms with van der Waals surface area (Å²) < 4.78 is 5.10. The molecule has 0 aromatic carbocycles. The number of amides is 1. The maximum atomic E-state index is 12.2. The Bertz CT molecular complexity index is 418. The predicted octanol–water partition coefficient (Wildman–Crippen LogP) is 1.87. The monoisotopic (exact) mass is 299 g/mol. The van der Waals surface area contributed by atoms with Crippen LogP contribution in [0.15, 0.2) is 0 Å². The van der Waals surface area contributed by atoms with Gasteiger partial charge in [-0.25, -0.2) is 4.79 Å². The second-order valence-corrected chi connectivity index (χ2v) is 6.92. The maximum absolute atomic E-state index is 12.2. The van der Waals surface area contributed by atoms with Crippen LogP contribution in [-0.4, -0.2) is 34.6 Å². The van der Waals surface area contributed by atoms with Gasteiger partial charge in [-0.3, -0.25) is 9.59 Å². The average Bonchev–Trinajstić information content (AvgIpc) is 2.73. The summed E-state index contributed by atoms with van der Waals surface area (Å²) in [7, 11) is 0. The molecule has 1 saturated carbocycles. The third-order valence-electron chi connectivity index (χ3n) is 3.65. The van der Waals surface area contributed by atoms with E-state index in [1.54, 1.807) is 20.8 Å². The normalized spacial score (nSPS) is 18.9. The van der Waals surface area contributed by atoms with Gasteiger partial charge in [0, 0.05) is 5.41 Å². The lowest BCUT2D eigenvalue weighted by molar-refractivity contribution is -0.159. The van der Waals surface area contributed by atoms with Crippen molar-refractivity contribution in [3.63, 3.8) is 0 Å². The second-order valence-electron chi connectivity index (χ2n) is 6.92. The van der Waals surface area contributed by atoms with E-state index in [0.29, 0.717) is 0 Å². The first-order valence-corrected chi connectivity index (χ1v) is 7.29. The fourth-order valence-electron chi connectivity index (χ4n) is 2.46. The molecular weight excluding hydrogens is 274 g/mol. The number of esters is 1. The SMILES string of the molecule is CC(C)(C)OC(=O)C[C@H](NC(=O)C1(C)CCCC1)C(=O)O. The summed E-state index contributed by atoms with van der Waals surface area (Å²) in [6.07, 6.45) is 3.06. The highest BCUT2D eigenvalue weighted by atomic mass is 16.6. The van der Waals surface area contributed by atoms with Crippen LogP contribution in [0.2, 0.25) is 0 Å². The van der Waals surface area contributed by atoms with E-state index in [0.717, 1.165) is 25.7 Å². The smallest absolute Gasteiger partial charge is 0.326 e. The van der Waals surface area contributed by atoms with Crippen LogP contribution in [0.4, 0.5) is 0 Å². The molecule has 0 saturated heterocycles. The molecule has 6 nitrogen and oxygen atoms in total. The summed E-state index contributed by atoms with van der Waals surface area (Å²) in [5.74, 6) is -2.15. The molecule has 0 unspecified atom stereocenters. The Morgan fingerprint density at radius 3 is 2.19 bits per heavy atom. The molecule has 0 aromatic heterocycles. The number of carboxylic acid groups (broad SMARTS) is 1. The Labute approximate surface area is 125 Å². The zero-order valence-electron chi connectivity index (χ0n) is 13.2. The molecule has 1 fully saturated rings. The molecule has 0 bridgehead atoms. The minimum atomic E-state index is -1.25. The molecule has 0 aromatic rings. The molecule has 1 amide bonds. The lowest BCUT2D eigenvalue weighted by Gasteiger charge is -2.25. The number of carbonyl (C=O) groups excluding carboxylic acids is 2. The minimum Gasteiger partial charge on any atom is -0.480 e. The molecule has 6 heteroatoms. The molecule has 120 valence electrons. The number of carboxylic acids is 1. The van der Waals surface area contributed by atoms with Gasteiger partial charge in [-0.2, -0.15) is 0 Å². The molecule has 1 rings (SSSR count). The molecule has 0 heterocycles. The summed E-state index contributed by atoms with van der Waals surface area (Å²) in [5.41, 5.74) is -1.21. The van der Waals surface area contributed by atoms with Crippen LogP contribution < -0.4 is 5.32 Å². The minimum absolute atomic E-state index is 0.295. The first-order valence-electron chi connectivity index (χ1n) is 7.29. The lowest BCUT2D eigenvalue weighted by Crippen LogP contribution is -2.48. The first kappa shape index (κ1) is 17.5. The Kier molecular flexibility index (Phi) is 5.36. The van der Waals surface area contributed by atoms with Crippen LogP contribution in [0, 0.1) is 5.41 Å². The van der Waals surface area contributed by atoms with E-state index < -0.39 is 29.0 Å². The number of aliphatic carboxylic acids is 1. The van der Waals surface area contributed by atoms with E-state index in [4.69, 9.17) is 4.74 Å². The van der Waals surface area contributed by atoms with Crippen molar-refractivity contribution in [2.45, 2.75) is 71.4 Å². The molecule has 1 atom stereocenters. The van der Waals surface area contributed by atoms with Gasteiger partial charge in [0.1, 0.15) is 11.6 Å². The van der Waals surface area contributed by atoms with Gasteiger partial charge in [0.2, 0.25) is 5.91 Å². The van der Waals surface area contributed by atoms with Crippen LogP contribution in [0.5, 0.6) is 0 Å². The number of hydrogen-bond donors (Lipinski definition) is 2. The third kappa shape index (κ3) is 5.36. The van der Waals surface area contributed by atoms with Crippen molar-refractivity contribution in [1.82, 2.24) is 5.32 Å². The van der Waals surface area contributed by atoms with Crippen LogP contribution in [0.25, 0.3) is 0 Å². The van der Waals surface area contributed by atoms with E-state index in [1.165, 1.54) is 0 Å². The van der Waals surface area contributed by atoms with Crippen molar-refractivity contribution < 1.29 is 24.2 Å². The number of rotatable bonds is 5. The summed E-state index contributed by atoms with van der Waals surface area (Å²) in [5, 5.41) is 11.6. The summed E-state index contributed by atoms with van der Waals surface area (Å²) in [4.78, 5) is 35.2. The molecule has 0 spiro atoms. The van der Waals surface area contributed by atoms with Gasteiger partial charge in [-0.1, -0.05) is 19.8 Å². The quantitative estimate of drug-likeness (QED) is 0.756. The van der Waals surface area contributed by atoms with E-state index in [9.17, 15) is 19.5 Å². The molecule has 21 heavy (non-hydrogen) atoms. The maximum Gasteiger partial charge on any atom is 0.326 e. The number of ether oxygens (including phenoxy) is 1. The van der Waals surface area contributed by atoms with Crippen molar-refractivity contribution >= 4 is 17.8 Å². The van der Waals surface area contributed by atoms with E-state index in [-0.39, 0.29) is 12.3 Å². The van der Waals surface area contributed by atoms with E-state index in [2.05, 4.69) is 5.32 Å². The van der Waals surface area contributed by atoms with Crippen LogP contribution >= 0.6 is 0 Å². The van der Waals surface area contributed by atoms with Gasteiger partial charge >= 0.3 is 11.9 Å². The fraction of sp³-hybridized carbons (Fsp3) is 0.800. The number of carbonyl (C=O) groups is 3. The van der Waals surface area contributed by atoms with E-state index >= 15 is 0 Å². The molecule has 1 aliphatic rings. The molecule has 1 aliphatic carbocycles. The Morgan fingerprint density at radius 2 is 1.76 bits per heavy atom. The Hall–Kier alpha value is -1.59. The fourth-order valence-corrected chi connectivity index (χ4v) is 2.46. The molecule has 0 radical (unpaired) electrons. The van der Waals surface area contributed by atoms with Gasteiger partial charge in [-0.15, -0.1) is 0 Å². The van der Waals surface area contributed by atoms with Crippen LogP contribution in [0.3, 0.4) is 0 Å². The molecular formula is C15H25NO5. The average molecular weight is 299 g/mol. The Balaban J connectivity index is 2.64. The standard InChI is InChI=1S/C15H25NO5/c1-14(2,3)21-11(17)9-10(12(18)19)16-13(20)15(4)7-5-6-8-15/h10H,5-9H2,1-4H3,(H,16,20)(H,18,19)/t10-/m0/s1. The summed E-state index contributed by atoms with van der Waals surface area (Å²) in [6, 6.07) is -1.25. The zero-order valence-corrected chi connectivity index (χ0v) is 13.2. The second kappa shape index (κ2) is 6.45. The van der Waals surface area contributed by atoms with Gasteiger partial charge in [0.15, 0.2) is 0 Å². The van der Waals surface area contributed by atoms with Gasteiger partial charge in [0.05, 0.1) is 6.42 Å². The van der Waals surface area contributed by atoms with Crippen LogP contribution in [0.1, 0.15) is 59.8 Å². The van der Waals surface area contributed by atoms with Crippen molar-refractivity contribution in [3.8, 4) is 0 Å². The van der Waals surface area contributed by atoms with Crippen molar-refractivity contribution in [3.05, 3.63) is 0 Å². The summed E-state index contributed by atoms with van der Waals surface area (Å²) in [6.45, 7) is 6.96. The first-order chi connectivity index (χ1) is 9.53. The third-order valence-corrected chi connectivity index (χ3v) is 3.65. The van der Waals surface area contributed by atoms with E-state index in [1.807, 2.05) is 6.92 Å².